The quantitative estimate of drug-likeness (QED) is 0.828. The molecule has 1 amide bonds. The van der Waals surface area contributed by atoms with Crippen LogP contribution in [0.3, 0.4) is 0 Å². The molecule has 0 aliphatic carbocycles. The summed E-state index contributed by atoms with van der Waals surface area (Å²) in [6, 6.07) is 19.0. The Morgan fingerprint density at radius 1 is 0.920 bits per heavy atom. The van der Waals surface area contributed by atoms with Gasteiger partial charge in [0.05, 0.1) is 6.42 Å². The monoisotopic (exact) mass is 334 g/mol. The van der Waals surface area contributed by atoms with Gasteiger partial charge in [-0.15, -0.1) is 0 Å². The number of piperidine rings is 1. The van der Waals surface area contributed by atoms with Crippen LogP contribution in [0.2, 0.25) is 0 Å². The second kappa shape index (κ2) is 7.40. The van der Waals surface area contributed by atoms with Crippen LogP contribution in [0.5, 0.6) is 0 Å². The molecule has 2 aromatic rings. The van der Waals surface area contributed by atoms with Gasteiger partial charge in [-0.3, -0.25) is 9.69 Å². The Morgan fingerprint density at radius 3 is 2.44 bits per heavy atom. The Kier molecular flexibility index (Phi) is 4.84. The highest BCUT2D eigenvalue weighted by Crippen LogP contribution is 2.30. The molecule has 0 saturated carbocycles. The standard InChI is InChI=1S/C22H26N2O/c25-22-16-20-8-4-5-9-21(20)24(22)15-12-18-10-13-23(14-11-18)17-19-6-2-1-3-7-19/h1-9,18H,10-17H2. The van der Waals surface area contributed by atoms with Gasteiger partial charge in [0.1, 0.15) is 0 Å². The topological polar surface area (TPSA) is 23.6 Å². The fourth-order valence-corrected chi connectivity index (χ4v) is 4.15. The zero-order valence-electron chi connectivity index (χ0n) is 14.7. The minimum atomic E-state index is 0.266. The van der Waals surface area contributed by atoms with Gasteiger partial charge in [-0.25, -0.2) is 0 Å². The molecule has 4 rings (SSSR count). The van der Waals surface area contributed by atoms with E-state index in [4.69, 9.17) is 0 Å². The summed E-state index contributed by atoms with van der Waals surface area (Å²) >= 11 is 0. The van der Waals surface area contributed by atoms with Crippen LogP contribution in [0, 0.1) is 5.92 Å². The van der Waals surface area contributed by atoms with Crippen molar-refractivity contribution in [3.05, 3.63) is 65.7 Å². The highest BCUT2D eigenvalue weighted by Gasteiger charge is 2.27. The highest BCUT2D eigenvalue weighted by atomic mass is 16.2. The number of hydrogen-bond acceptors (Lipinski definition) is 2. The number of nitrogens with zero attached hydrogens (tertiary/aromatic N) is 2. The summed E-state index contributed by atoms with van der Waals surface area (Å²) < 4.78 is 0. The van der Waals surface area contributed by atoms with Gasteiger partial charge in [0.15, 0.2) is 0 Å². The summed E-state index contributed by atoms with van der Waals surface area (Å²) in [6.07, 6.45) is 4.19. The van der Waals surface area contributed by atoms with E-state index in [-0.39, 0.29) is 5.91 Å². The van der Waals surface area contributed by atoms with Gasteiger partial charge in [0.2, 0.25) is 5.91 Å². The molecule has 0 bridgehead atoms. The first-order valence-electron chi connectivity index (χ1n) is 9.44. The molecule has 25 heavy (non-hydrogen) atoms. The van der Waals surface area contributed by atoms with E-state index < -0.39 is 0 Å². The molecular formula is C22H26N2O. The molecule has 0 spiro atoms. The normalized spacial score (nSPS) is 18.6. The van der Waals surface area contributed by atoms with Crippen LogP contribution < -0.4 is 4.90 Å². The summed E-state index contributed by atoms with van der Waals surface area (Å²) in [5.41, 5.74) is 3.72. The van der Waals surface area contributed by atoms with E-state index in [1.165, 1.54) is 37.1 Å². The summed E-state index contributed by atoms with van der Waals surface area (Å²) in [4.78, 5) is 16.8. The number of carbonyl (C=O) groups excluding carboxylic acids is 1. The molecule has 0 radical (unpaired) electrons. The lowest BCUT2D eigenvalue weighted by Gasteiger charge is -2.32. The smallest absolute Gasteiger partial charge is 0.231 e. The summed E-state index contributed by atoms with van der Waals surface area (Å²) in [6.45, 7) is 4.28. The van der Waals surface area contributed by atoms with E-state index in [1.54, 1.807) is 0 Å². The SMILES string of the molecule is O=C1Cc2ccccc2N1CCC1CCN(Cc2ccccc2)CC1. The Morgan fingerprint density at radius 2 is 1.64 bits per heavy atom. The molecule has 2 aromatic carbocycles. The van der Waals surface area contributed by atoms with Crippen molar-refractivity contribution in [2.24, 2.45) is 5.92 Å². The number of fused-ring (bicyclic) bond motifs is 1. The molecular weight excluding hydrogens is 308 g/mol. The van der Waals surface area contributed by atoms with Crippen LogP contribution in [0.4, 0.5) is 5.69 Å². The zero-order valence-corrected chi connectivity index (χ0v) is 14.7. The Bertz CT molecular complexity index is 720. The van der Waals surface area contributed by atoms with E-state index in [1.807, 2.05) is 17.0 Å². The predicted octanol–water partition coefficient (Wildman–Crippen LogP) is 3.88. The molecule has 2 aliphatic heterocycles. The Hall–Kier alpha value is -2.13. The van der Waals surface area contributed by atoms with Gasteiger partial charge in [-0.1, -0.05) is 48.5 Å². The van der Waals surface area contributed by atoms with Crippen molar-refractivity contribution in [3.8, 4) is 0 Å². The number of likely N-dealkylation sites (tertiary alicyclic amines) is 1. The minimum Gasteiger partial charge on any atom is -0.312 e. The lowest BCUT2D eigenvalue weighted by atomic mass is 9.93. The van der Waals surface area contributed by atoms with Crippen LogP contribution >= 0.6 is 0 Å². The van der Waals surface area contributed by atoms with Crippen LogP contribution in [-0.2, 0) is 17.8 Å². The Labute approximate surface area is 150 Å². The van der Waals surface area contributed by atoms with E-state index in [2.05, 4.69) is 47.4 Å². The van der Waals surface area contributed by atoms with Crippen molar-refractivity contribution >= 4 is 11.6 Å². The van der Waals surface area contributed by atoms with Gasteiger partial charge < -0.3 is 4.90 Å². The number of carbonyl (C=O) groups is 1. The molecule has 2 aliphatic rings. The third-order valence-electron chi connectivity index (χ3n) is 5.64. The number of para-hydroxylation sites is 1. The second-order valence-electron chi connectivity index (χ2n) is 7.34. The minimum absolute atomic E-state index is 0.266. The Balaban J connectivity index is 1.26. The van der Waals surface area contributed by atoms with Crippen LogP contribution in [0.15, 0.2) is 54.6 Å². The van der Waals surface area contributed by atoms with E-state index in [9.17, 15) is 4.79 Å². The van der Waals surface area contributed by atoms with E-state index >= 15 is 0 Å². The molecule has 3 nitrogen and oxygen atoms in total. The van der Waals surface area contributed by atoms with Gasteiger partial charge in [0.25, 0.3) is 0 Å². The van der Waals surface area contributed by atoms with Gasteiger partial charge >= 0.3 is 0 Å². The molecule has 130 valence electrons. The third kappa shape index (κ3) is 3.77. The van der Waals surface area contributed by atoms with Crippen molar-refractivity contribution in [1.29, 1.82) is 0 Å². The van der Waals surface area contributed by atoms with Crippen LogP contribution in [0.1, 0.15) is 30.4 Å². The van der Waals surface area contributed by atoms with Crippen molar-refractivity contribution in [2.75, 3.05) is 24.5 Å². The van der Waals surface area contributed by atoms with Crippen molar-refractivity contribution < 1.29 is 4.79 Å². The predicted molar refractivity (Wildman–Crippen MR) is 102 cm³/mol. The maximum absolute atomic E-state index is 12.3. The molecule has 0 N–H and O–H groups in total. The first-order chi connectivity index (χ1) is 12.3. The first-order valence-corrected chi connectivity index (χ1v) is 9.44. The second-order valence-corrected chi connectivity index (χ2v) is 7.34. The summed E-state index contributed by atoms with van der Waals surface area (Å²) in [5.74, 6) is 1.01. The van der Waals surface area contributed by atoms with Crippen LogP contribution in [0.25, 0.3) is 0 Å². The maximum Gasteiger partial charge on any atom is 0.231 e. The lowest BCUT2D eigenvalue weighted by Crippen LogP contribution is -2.35. The number of benzene rings is 2. The van der Waals surface area contributed by atoms with Gasteiger partial charge in [-0.2, -0.15) is 0 Å². The highest BCUT2D eigenvalue weighted by molar-refractivity contribution is 6.01. The fourth-order valence-electron chi connectivity index (χ4n) is 4.15. The van der Waals surface area contributed by atoms with Crippen molar-refractivity contribution in [2.45, 2.75) is 32.2 Å². The first kappa shape index (κ1) is 16.3. The molecule has 0 atom stereocenters. The number of hydrogen-bond donors (Lipinski definition) is 0. The zero-order chi connectivity index (χ0) is 17.1. The number of anilines is 1. The number of rotatable bonds is 5. The lowest BCUT2D eigenvalue weighted by molar-refractivity contribution is -0.117. The molecule has 0 aromatic heterocycles. The van der Waals surface area contributed by atoms with E-state index in [0.717, 1.165) is 31.1 Å². The average molecular weight is 334 g/mol. The van der Waals surface area contributed by atoms with Gasteiger partial charge in [-0.05, 0) is 55.5 Å². The third-order valence-corrected chi connectivity index (χ3v) is 5.64. The molecule has 1 saturated heterocycles. The van der Waals surface area contributed by atoms with Gasteiger partial charge in [0, 0.05) is 18.8 Å². The van der Waals surface area contributed by atoms with Crippen molar-refractivity contribution in [1.82, 2.24) is 4.90 Å². The average Bonchev–Trinajstić information content (AvgIpc) is 2.97. The molecule has 1 fully saturated rings. The summed E-state index contributed by atoms with van der Waals surface area (Å²) in [7, 11) is 0. The molecule has 2 heterocycles. The number of amides is 1. The molecule has 3 heteroatoms. The van der Waals surface area contributed by atoms with E-state index in [0.29, 0.717) is 6.42 Å². The molecule has 0 unspecified atom stereocenters. The largest absolute Gasteiger partial charge is 0.312 e. The summed E-state index contributed by atoms with van der Waals surface area (Å²) in [5, 5.41) is 0. The van der Waals surface area contributed by atoms with Crippen LogP contribution in [-0.4, -0.2) is 30.4 Å². The maximum atomic E-state index is 12.3. The fraction of sp³-hybridized carbons (Fsp3) is 0.409. The van der Waals surface area contributed by atoms with Crippen molar-refractivity contribution in [3.63, 3.8) is 0 Å².